The van der Waals surface area contributed by atoms with E-state index < -0.39 is 0 Å². The van der Waals surface area contributed by atoms with E-state index in [4.69, 9.17) is 0 Å². The standard InChI is InChI=1S/C16H19NS/c1-2-14-9-10-15(18-14)11-13-8-7-12-5-3-4-6-16(12)17-13/h3-6,9-10,13,17H,2,7-8,11H2,1H3. The number of para-hydroxylation sites is 1. The first kappa shape index (κ1) is 11.8. The van der Waals surface area contributed by atoms with Crippen LogP contribution in [0, 0.1) is 0 Å². The first-order valence-electron chi connectivity index (χ1n) is 6.77. The van der Waals surface area contributed by atoms with Gasteiger partial charge in [-0.2, -0.15) is 0 Å². The molecule has 0 spiro atoms. The van der Waals surface area contributed by atoms with Crippen LogP contribution in [0.3, 0.4) is 0 Å². The Kier molecular flexibility index (Phi) is 3.37. The highest BCUT2D eigenvalue weighted by molar-refractivity contribution is 7.11. The van der Waals surface area contributed by atoms with E-state index in [2.05, 4.69) is 48.6 Å². The van der Waals surface area contributed by atoms with Gasteiger partial charge < -0.3 is 5.32 Å². The van der Waals surface area contributed by atoms with Crippen LogP contribution in [0.4, 0.5) is 5.69 Å². The van der Waals surface area contributed by atoms with E-state index in [-0.39, 0.29) is 0 Å². The molecular formula is C16H19NS. The lowest BCUT2D eigenvalue weighted by Crippen LogP contribution is -2.27. The number of hydrogen-bond donors (Lipinski definition) is 1. The highest BCUT2D eigenvalue weighted by Gasteiger charge is 2.17. The van der Waals surface area contributed by atoms with Gasteiger partial charge in [0, 0.05) is 27.9 Å². The van der Waals surface area contributed by atoms with Crippen molar-refractivity contribution in [3.63, 3.8) is 0 Å². The maximum Gasteiger partial charge on any atom is 0.0374 e. The molecule has 0 fully saturated rings. The molecular weight excluding hydrogens is 238 g/mol. The maximum absolute atomic E-state index is 3.68. The van der Waals surface area contributed by atoms with E-state index in [0.717, 1.165) is 6.42 Å². The minimum Gasteiger partial charge on any atom is -0.382 e. The molecule has 1 aliphatic heterocycles. The molecule has 1 N–H and O–H groups in total. The van der Waals surface area contributed by atoms with Gasteiger partial charge in [-0.3, -0.25) is 0 Å². The second-order valence-electron chi connectivity index (χ2n) is 4.96. The van der Waals surface area contributed by atoms with Crippen LogP contribution < -0.4 is 5.32 Å². The molecule has 2 aromatic rings. The average Bonchev–Trinajstić information content (AvgIpc) is 2.86. The zero-order chi connectivity index (χ0) is 12.4. The van der Waals surface area contributed by atoms with E-state index in [1.54, 1.807) is 0 Å². The molecule has 18 heavy (non-hydrogen) atoms. The Morgan fingerprint density at radius 3 is 2.83 bits per heavy atom. The number of nitrogens with one attached hydrogen (secondary N) is 1. The highest BCUT2D eigenvalue weighted by Crippen LogP contribution is 2.27. The summed E-state index contributed by atoms with van der Waals surface area (Å²) in [7, 11) is 0. The van der Waals surface area contributed by atoms with Crippen molar-refractivity contribution in [2.24, 2.45) is 0 Å². The van der Waals surface area contributed by atoms with Crippen LogP contribution >= 0.6 is 11.3 Å². The third-order valence-electron chi connectivity index (χ3n) is 3.65. The van der Waals surface area contributed by atoms with Crippen LogP contribution in [0.15, 0.2) is 36.4 Å². The summed E-state index contributed by atoms with van der Waals surface area (Å²) in [6, 6.07) is 13.9. The van der Waals surface area contributed by atoms with E-state index >= 15 is 0 Å². The van der Waals surface area contributed by atoms with Gasteiger partial charge in [0.15, 0.2) is 0 Å². The Morgan fingerprint density at radius 1 is 1.17 bits per heavy atom. The van der Waals surface area contributed by atoms with Gasteiger partial charge in [0.05, 0.1) is 0 Å². The van der Waals surface area contributed by atoms with Crippen molar-refractivity contribution in [1.82, 2.24) is 0 Å². The first-order chi connectivity index (χ1) is 8.85. The Hall–Kier alpha value is -1.28. The molecule has 1 atom stereocenters. The average molecular weight is 257 g/mol. The summed E-state index contributed by atoms with van der Waals surface area (Å²) in [4.78, 5) is 3.02. The fourth-order valence-corrected chi connectivity index (χ4v) is 3.66. The smallest absolute Gasteiger partial charge is 0.0374 e. The molecule has 0 aliphatic carbocycles. The van der Waals surface area contributed by atoms with Gasteiger partial charge in [-0.15, -0.1) is 11.3 Å². The molecule has 0 saturated carbocycles. The molecule has 1 aliphatic rings. The third-order valence-corrected chi connectivity index (χ3v) is 4.90. The molecule has 0 saturated heterocycles. The Morgan fingerprint density at radius 2 is 2.00 bits per heavy atom. The topological polar surface area (TPSA) is 12.0 Å². The monoisotopic (exact) mass is 257 g/mol. The van der Waals surface area contributed by atoms with Gasteiger partial charge in [-0.1, -0.05) is 25.1 Å². The van der Waals surface area contributed by atoms with Crippen LogP contribution in [0.25, 0.3) is 0 Å². The zero-order valence-corrected chi connectivity index (χ0v) is 11.6. The summed E-state index contributed by atoms with van der Waals surface area (Å²) < 4.78 is 0. The molecule has 2 heterocycles. The first-order valence-corrected chi connectivity index (χ1v) is 7.59. The SMILES string of the molecule is CCc1ccc(CC2CCc3ccccc3N2)s1. The number of aryl methyl sites for hydroxylation is 2. The molecule has 94 valence electrons. The summed E-state index contributed by atoms with van der Waals surface area (Å²) in [5.41, 5.74) is 2.80. The van der Waals surface area contributed by atoms with Crippen molar-refractivity contribution >= 4 is 17.0 Å². The largest absolute Gasteiger partial charge is 0.382 e. The van der Waals surface area contributed by atoms with E-state index in [1.165, 1.54) is 40.3 Å². The fraction of sp³-hybridized carbons (Fsp3) is 0.375. The molecule has 0 bridgehead atoms. The molecule has 1 unspecified atom stereocenters. The van der Waals surface area contributed by atoms with Gasteiger partial charge in [-0.25, -0.2) is 0 Å². The van der Waals surface area contributed by atoms with Crippen LogP contribution in [-0.4, -0.2) is 6.04 Å². The van der Waals surface area contributed by atoms with Crippen molar-refractivity contribution in [2.75, 3.05) is 5.32 Å². The fourth-order valence-electron chi connectivity index (χ4n) is 2.62. The molecule has 2 heteroatoms. The number of anilines is 1. The predicted molar refractivity (Wildman–Crippen MR) is 79.6 cm³/mol. The number of benzene rings is 1. The van der Waals surface area contributed by atoms with Gasteiger partial charge >= 0.3 is 0 Å². The van der Waals surface area contributed by atoms with Gasteiger partial charge in [0.1, 0.15) is 0 Å². The lowest BCUT2D eigenvalue weighted by molar-refractivity contribution is 0.632. The summed E-state index contributed by atoms with van der Waals surface area (Å²) >= 11 is 1.97. The predicted octanol–water partition coefficient (Wildman–Crippen LogP) is 4.28. The third kappa shape index (κ3) is 2.44. The van der Waals surface area contributed by atoms with Crippen LogP contribution in [-0.2, 0) is 19.3 Å². The molecule has 0 amide bonds. The zero-order valence-electron chi connectivity index (χ0n) is 10.8. The van der Waals surface area contributed by atoms with Gasteiger partial charge in [0.25, 0.3) is 0 Å². The maximum atomic E-state index is 3.68. The highest BCUT2D eigenvalue weighted by atomic mass is 32.1. The number of rotatable bonds is 3. The quantitative estimate of drug-likeness (QED) is 0.865. The molecule has 3 rings (SSSR count). The number of fused-ring (bicyclic) bond motifs is 1. The van der Waals surface area contributed by atoms with Crippen molar-refractivity contribution in [3.05, 3.63) is 51.7 Å². The minimum atomic E-state index is 0.600. The van der Waals surface area contributed by atoms with Crippen molar-refractivity contribution in [2.45, 2.75) is 38.6 Å². The number of hydrogen-bond acceptors (Lipinski definition) is 2. The van der Waals surface area contributed by atoms with Gasteiger partial charge in [0.2, 0.25) is 0 Å². The lowest BCUT2D eigenvalue weighted by atomic mass is 9.96. The van der Waals surface area contributed by atoms with Gasteiger partial charge in [-0.05, 0) is 43.0 Å². The summed E-state index contributed by atoms with van der Waals surface area (Å²) in [6.07, 6.45) is 4.78. The molecule has 1 aromatic carbocycles. The second kappa shape index (κ2) is 5.15. The number of thiophene rings is 1. The van der Waals surface area contributed by atoms with E-state index in [0.29, 0.717) is 6.04 Å². The molecule has 0 radical (unpaired) electrons. The van der Waals surface area contributed by atoms with Crippen molar-refractivity contribution in [3.8, 4) is 0 Å². The van der Waals surface area contributed by atoms with E-state index in [1.807, 2.05) is 11.3 Å². The second-order valence-corrected chi connectivity index (χ2v) is 6.22. The van der Waals surface area contributed by atoms with E-state index in [9.17, 15) is 0 Å². The lowest BCUT2D eigenvalue weighted by Gasteiger charge is -2.26. The van der Waals surface area contributed by atoms with Crippen LogP contribution in [0.2, 0.25) is 0 Å². The van der Waals surface area contributed by atoms with Crippen LogP contribution in [0.1, 0.15) is 28.7 Å². The Labute approximate surface area is 113 Å². The van der Waals surface area contributed by atoms with Crippen molar-refractivity contribution in [1.29, 1.82) is 0 Å². The Balaban J connectivity index is 1.69. The molecule has 1 aromatic heterocycles. The Bertz CT molecular complexity index is 529. The summed E-state index contributed by atoms with van der Waals surface area (Å²) in [5, 5.41) is 3.68. The van der Waals surface area contributed by atoms with Crippen LogP contribution in [0.5, 0.6) is 0 Å². The van der Waals surface area contributed by atoms with Crippen molar-refractivity contribution < 1.29 is 0 Å². The minimum absolute atomic E-state index is 0.600. The normalized spacial score (nSPS) is 18.2. The molecule has 1 nitrogen and oxygen atoms in total. The summed E-state index contributed by atoms with van der Waals surface area (Å²) in [5.74, 6) is 0. The summed E-state index contributed by atoms with van der Waals surface area (Å²) in [6.45, 7) is 2.23.